The lowest BCUT2D eigenvalue weighted by Crippen LogP contribution is -2.00. The quantitative estimate of drug-likeness (QED) is 0.174. The third-order valence-electron chi connectivity index (χ3n) is 10.5. The lowest BCUT2D eigenvalue weighted by molar-refractivity contribution is 0.673. The normalized spacial score (nSPS) is 11.8. The maximum absolute atomic E-state index is 6.89. The first-order valence-corrected chi connectivity index (χ1v) is 17.9. The Balaban J connectivity index is 1.20. The van der Waals surface area contributed by atoms with Gasteiger partial charge in [-0.25, -0.2) is 15.0 Å². The van der Waals surface area contributed by atoms with Gasteiger partial charge >= 0.3 is 0 Å². The standard InChI is InChI=1S/C49H29N3O/c1-3-11-30(12-4-1)34-20-21-36-28-38(24-22-35(36)27-34)48-50-47(33-15-5-2-6-16-33)51-49(52-48)41-29-37-23-19-31-13-7-9-17-39(31)43(37)46-45(41)44-40-18-10-8-14-32(40)25-26-42(44)53-46/h1-29H. The van der Waals surface area contributed by atoms with E-state index >= 15 is 0 Å². The van der Waals surface area contributed by atoms with E-state index in [1.54, 1.807) is 0 Å². The van der Waals surface area contributed by atoms with Crippen molar-refractivity contribution in [3.05, 3.63) is 176 Å². The maximum Gasteiger partial charge on any atom is 0.164 e. The minimum atomic E-state index is 0.601. The summed E-state index contributed by atoms with van der Waals surface area (Å²) in [7, 11) is 0. The monoisotopic (exact) mass is 675 g/mol. The molecule has 4 nitrogen and oxygen atoms in total. The number of hydrogen-bond acceptors (Lipinski definition) is 4. The molecule has 0 fully saturated rings. The first-order valence-electron chi connectivity index (χ1n) is 17.9. The van der Waals surface area contributed by atoms with E-state index in [2.05, 4.69) is 152 Å². The van der Waals surface area contributed by atoms with Crippen LogP contribution < -0.4 is 0 Å². The van der Waals surface area contributed by atoms with Crippen LogP contribution in [0.5, 0.6) is 0 Å². The van der Waals surface area contributed by atoms with E-state index in [1.807, 2.05) is 24.3 Å². The van der Waals surface area contributed by atoms with Gasteiger partial charge in [-0.2, -0.15) is 0 Å². The number of aromatic nitrogens is 3. The van der Waals surface area contributed by atoms with Gasteiger partial charge < -0.3 is 4.42 Å². The van der Waals surface area contributed by atoms with Crippen LogP contribution in [0.2, 0.25) is 0 Å². The molecule has 0 saturated carbocycles. The van der Waals surface area contributed by atoms with Crippen molar-refractivity contribution in [3.8, 4) is 45.3 Å². The molecule has 2 heterocycles. The molecule has 0 N–H and O–H groups in total. The Kier molecular flexibility index (Phi) is 6.52. The summed E-state index contributed by atoms with van der Waals surface area (Å²) in [4.78, 5) is 15.6. The molecule has 0 atom stereocenters. The Labute approximate surface area is 304 Å². The highest BCUT2D eigenvalue weighted by molar-refractivity contribution is 6.30. The molecule has 11 aromatic rings. The van der Waals surface area contributed by atoms with Crippen molar-refractivity contribution in [1.29, 1.82) is 0 Å². The predicted molar refractivity (Wildman–Crippen MR) is 219 cm³/mol. The summed E-state index contributed by atoms with van der Waals surface area (Å²) in [6.45, 7) is 0. The Morgan fingerprint density at radius 3 is 1.58 bits per heavy atom. The Hall–Kier alpha value is -7.17. The first kappa shape index (κ1) is 29.5. The van der Waals surface area contributed by atoms with Gasteiger partial charge in [0.15, 0.2) is 17.5 Å². The van der Waals surface area contributed by atoms with Crippen molar-refractivity contribution in [2.75, 3.05) is 0 Å². The van der Waals surface area contributed by atoms with E-state index in [0.29, 0.717) is 17.5 Å². The Bertz CT molecular complexity index is 3220. The van der Waals surface area contributed by atoms with Crippen LogP contribution in [-0.4, -0.2) is 15.0 Å². The molecule has 9 aromatic carbocycles. The number of benzene rings is 9. The molecule has 0 aliphatic rings. The lowest BCUT2D eigenvalue weighted by Gasteiger charge is -2.12. The molecule has 53 heavy (non-hydrogen) atoms. The highest BCUT2D eigenvalue weighted by Crippen LogP contribution is 2.45. The van der Waals surface area contributed by atoms with Crippen LogP contribution in [0.1, 0.15) is 0 Å². The molecule has 0 radical (unpaired) electrons. The van der Waals surface area contributed by atoms with Crippen LogP contribution in [0, 0.1) is 0 Å². The van der Waals surface area contributed by atoms with Gasteiger partial charge in [0, 0.05) is 32.8 Å². The lowest BCUT2D eigenvalue weighted by atomic mass is 9.94. The van der Waals surface area contributed by atoms with E-state index in [0.717, 1.165) is 76.3 Å². The fourth-order valence-electron chi connectivity index (χ4n) is 7.90. The first-order chi connectivity index (χ1) is 26.2. The fraction of sp³-hybridized carbons (Fsp3) is 0. The van der Waals surface area contributed by atoms with Gasteiger partial charge in [-0.15, -0.1) is 0 Å². The summed E-state index contributed by atoms with van der Waals surface area (Å²) in [5.41, 5.74) is 6.82. The number of rotatable bonds is 4. The van der Waals surface area contributed by atoms with Crippen LogP contribution in [0.3, 0.4) is 0 Å². The molecule has 0 aliphatic heterocycles. The van der Waals surface area contributed by atoms with E-state index in [1.165, 1.54) is 16.5 Å². The Morgan fingerprint density at radius 1 is 0.321 bits per heavy atom. The van der Waals surface area contributed by atoms with Crippen molar-refractivity contribution in [3.63, 3.8) is 0 Å². The molecule has 0 unspecified atom stereocenters. The van der Waals surface area contributed by atoms with Gasteiger partial charge in [0.1, 0.15) is 11.2 Å². The second-order valence-corrected chi connectivity index (χ2v) is 13.6. The summed E-state index contributed by atoms with van der Waals surface area (Å²) >= 11 is 0. The van der Waals surface area contributed by atoms with Crippen molar-refractivity contribution in [2.45, 2.75) is 0 Å². The van der Waals surface area contributed by atoms with Crippen molar-refractivity contribution in [2.24, 2.45) is 0 Å². The van der Waals surface area contributed by atoms with Crippen molar-refractivity contribution in [1.82, 2.24) is 15.0 Å². The third-order valence-corrected chi connectivity index (χ3v) is 10.5. The zero-order chi connectivity index (χ0) is 34.9. The minimum absolute atomic E-state index is 0.601. The van der Waals surface area contributed by atoms with Crippen LogP contribution in [0.15, 0.2) is 180 Å². The van der Waals surface area contributed by atoms with E-state index < -0.39 is 0 Å². The summed E-state index contributed by atoms with van der Waals surface area (Å²) in [6, 6.07) is 61.5. The number of hydrogen-bond donors (Lipinski definition) is 0. The second kappa shape index (κ2) is 11.7. The molecule has 0 bridgehead atoms. The van der Waals surface area contributed by atoms with E-state index in [4.69, 9.17) is 19.4 Å². The number of furan rings is 1. The molecule has 0 amide bonds. The van der Waals surface area contributed by atoms with Gasteiger partial charge in [0.25, 0.3) is 0 Å². The topological polar surface area (TPSA) is 51.8 Å². The average Bonchev–Trinajstić information content (AvgIpc) is 3.64. The van der Waals surface area contributed by atoms with Gasteiger partial charge in [0.2, 0.25) is 0 Å². The molecule has 4 heteroatoms. The predicted octanol–water partition coefficient (Wildman–Crippen LogP) is 13.1. The average molecular weight is 676 g/mol. The van der Waals surface area contributed by atoms with Gasteiger partial charge in [0.05, 0.1) is 0 Å². The van der Waals surface area contributed by atoms with Crippen LogP contribution >= 0.6 is 0 Å². The summed E-state index contributed by atoms with van der Waals surface area (Å²) in [6.07, 6.45) is 0. The Morgan fingerprint density at radius 2 is 0.849 bits per heavy atom. The SMILES string of the molecule is c1ccc(-c2ccc3cc(-c4nc(-c5ccccc5)nc(-c5cc6ccc7ccccc7c6c6oc7ccc8ccccc8c7c56)n4)ccc3c2)cc1. The van der Waals surface area contributed by atoms with Crippen LogP contribution in [0.4, 0.5) is 0 Å². The van der Waals surface area contributed by atoms with Crippen LogP contribution in [-0.2, 0) is 0 Å². The molecular weight excluding hydrogens is 647 g/mol. The third kappa shape index (κ3) is 4.80. The molecule has 11 rings (SSSR count). The maximum atomic E-state index is 6.89. The smallest absolute Gasteiger partial charge is 0.164 e. The number of fused-ring (bicyclic) bond motifs is 10. The summed E-state index contributed by atoms with van der Waals surface area (Å²) < 4.78 is 6.89. The summed E-state index contributed by atoms with van der Waals surface area (Å²) in [5, 5.41) is 11.1. The van der Waals surface area contributed by atoms with Crippen molar-refractivity contribution < 1.29 is 4.42 Å². The van der Waals surface area contributed by atoms with E-state index in [-0.39, 0.29) is 0 Å². The molecule has 2 aromatic heterocycles. The van der Waals surface area contributed by atoms with Gasteiger partial charge in [-0.1, -0.05) is 152 Å². The van der Waals surface area contributed by atoms with Crippen molar-refractivity contribution >= 4 is 65.0 Å². The fourth-order valence-corrected chi connectivity index (χ4v) is 7.90. The van der Waals surface area contributed by atoms with E-state index in [9.17, 15) is 0 Å². The van der Waals surface area contributed by atoms with Crippen LogP contribution in [0.25, 0.3) is 110 Å². The summed E-state index contributed by atoms with van der Waals surface area (Å²) in [5.74, 6) is 1.84. The minimum Gasteiger partial charge on any atom is -0.455 e. The van der Waals surface area contributed by atoms with Gasteiger partial charge in [-0.05, 0) is 73.1 Å². The molecule has 0 aliphatic carbocycles. The molecule has 0 spiro atoms. The highest BCUT2D eigenvalue weighted by atomic mass is 16.3. The van der Waals surface area contributed by atoms with Gasteiger partial charge in [-0.3, -0.25) is 0 Å². The second-order valence-electron chi connectivity index (χ2n) is 13.6. The zero-order valence-electron chi connectivity index (χ0n) is 28.5. The largest absolute Gasteiger partial charge is 0.455 e. The molecular formula is C49H29N3O. The molecule has 246 valence electrons. The number of nitrogens with zero attached hydrogens (tertiary/aromatic N) is 3. The zero-order valence-corrected chi connectivity index (χ0v) is 28.5. The molecule has 0 saturated heterocycles. The highest BCUT2D eigenvalue weighted by Gasteiger charge is 2.22.